The van der Waals surface area contributed by atoms with Gasteiger partial charge in [-0.15, -0.1) is 0 Å². The molecule has 0 aromatic carbocycles. The average Bonchev–Trinajstić information content (AvgIpc) is 3.02. The highest BCUT2D eigenvalue weighted by Crippen LogP contribution is 2.19. The summed E-state index contributed by atoms with van der Waals surface area (Å²) in [6, 6.07) is 3.33. The Bertz CT molecular complexity index is 653. The highest BCUT2D eigenvalue weighted by molar-refractivity contribution is 6.32. The van der Waals surface area contributed by atoms with E-state index in [1.165, 1.54) is 0 Å². The number of aromatic nitrogens is 1. The van der Waals surface area contributed by atoms with Gasteiger partial charge in [-0.05, 0) is 39.3 Å². The molecule has 144 valence electrons. The maximum absolute atomic E-state index is 12.7. The number of urea groups is 1. The summed E-state index contributed by atoms with van der Waals surface area (Å²) in [5, 5.41) is 3.23. The van der Waals surface area contributed by atoms with E-state index in [1.54, 1.807) is 29.0 Å². The van der Waals surface area contributed by atoms with Gasteiger partial charge in [0.25, 0.3) is 5.91 Å². The van der Waals surface area contributed by atoms with Crippen LogP contribution in [0.3, 0.4) is 0 Å². The molecule has 26 heavy (non-hydrogen) atoms. The molecule has 1 aliphatic rings. The zero-order chi connectivity index (χ0) is 19.3. The van der Waals surface area contributed by atoms with Crippen molar-refractivity contribution in [3.8, 4) is 0 Å². The van der Waals surface area contributed by atoms with Gasteiger partial charge in [0, 0.05) is 44.5 Å². The molecule has 1 aromatic rings. The molecule has 1 aromatic heterocycles. The standard InChI is InChI=1S/C18H27ClN4O3/c1-12(2)23(9-10-26-4)18(25)21-14-7-8-22(11-14)17(24)15-6-5-13(3)20-16(15)19/h5-6,12,14H,7-11H2,1-4H3,(H,21,25). The lowest BCUT2D eigenvalue weighted by atomic mass is 10.2. The fourth-order valence-electron chi connectivity index (χ4n) is 2.96. The van der Waals surface area contributed by atoms with Crippen LogP contribution in [-0.4, -0.2) is 72.2 Å². The van der Waals surface area contributed by atoms with Crippen molar-refractivity contribution in [3.63, 3.8) is 0 Å². The van der Waals surface area contributed by atoms with E-state index in [2.05, 4.69) is 10.3 Å². The van der Waals surface area contributed by atoms with Gasteiger partial charge in [-0.3, -0.25) is 4.79 Å². The summed E-state index contributed by atoms with van der Waals surface area (Å²) >= 11 is 6.10. The Morgan fingerprint density at radius 2 is 2.19 bits per heavy atom. The number of halogens is 1. The molecule has 1 saturated heterocycles. The van der Waals surface area contributed by atoms with E-state index in [-0.39, 0.29) is 29.2 Å². The molecule has 7 nitrogen and oxygen atoms in total. The van der Waals surface area contributed by atoms with E-state index in [0.717, 1.165) is 5.69 Å². The Labute approximate surface area is 159 Å². The number of ether oxygens (including phenoxy) is 1. The van der Waals surface area contributed by atoms with Crippen molar-refractivity contribution < 1.29 is 14.3 Å². The first-order chi connectivity index (χ1) is 12.3. The van der Waals surface area contributed by atoms with Gasteiger partial charge in [0.1, 0.15) is 5.15 Å². The molecule has 1 atom stereocenters. The van der Waals surface area contributed by atoms with Gasteiger partial charge < -0.3 is 19.9 Å². The average molecular weight is 383 g/mol. The van der Waals surface area contributed by atoms with Crippen molar-refractivity contribution in [3.05, 3.63) is 28.5 Å². The maximum atomic E-state index is 12.7. The smallest absolute Gasteiger partial charge is 0.317 e. The molecular weight excluding hydrogens is 356 g/mol. The number of amides is 3. The lowest BCUT2D eigenvalue weighted by Crippen LogP contribution is -2.49. The minimum atomic E-state index is -0.153. The second-order valence-corrected chi connectivity index (χ2v) is 7.12. The van der Waals surface area contributed by atoms with Crippen molar-refractivity contribution in [1.29, 1.82) is 0 Å². The van der Waals surface area contributed by atoms with Crippen LogP contribution in [0.2, 0.25) is 5.15 Å². The van der Waals surface area contributed by atoms with Crippen LogP contribution in [0.1, 0.15) is 36.3 Å². The van der Waals surface area contributed by atoms with Crippen LogP contribution in [0.15, 0.2) is 12.1 Å². The molecule has 8 heteroatoms. The van der Waals surface area contributed by atoms with Crippen LogP contribution < -0.4 is 5.32 Å². The number of rotatable bonds is 6. The van der Waals surface area contributed by atoms with Crippen LogP contribution in [0.4, 0.5) is 4.79 Å². The number of hydrogen-bond donors (Lipinski definition) is 1. The molecule has 1 aliphatic heterocycles. The van der Waals surface area contributed by atoms with Crippen LogP contribution in [-0.2, 0) is 4.74 Å². The first-order valence-electron chi connectivity index (χ1n) is 8.82. The zero-order valence-corrected chi connectivity index (χ0v) is 16.5. The van der Waals surface area contributed by atoms with Gasteiger partial charge in [-0.25, -0.2) is 9.78 Å². The summed E-state index contributed by atoms with van der Waals surface area (Å²) in [7, 11) is 1.61. The minimum absolute atomic E-state index is 0.0710. The van der Waals surface area contributed by atoms with Gasteiger partial charge >= 0.3 is 6.03 Å². The topological polar surface area (TPSA) is 74.8 Å². The van der Waals surface area contributed by atoms with Crippen LogP contribution in [0.5, 0.6) is 0 Å². The molecule has 0 radical (unpaired) electrons. The first-order valence-corrected chi connectivity index (χ1v) is 9.19. The van der Waals surface area contributed by atoms with Gasteiger partial charge in [0.15, 0.2) is 0 Å². The second-order valence-electron chi connectivity index (χ2n) is 6.76. The summed E-state index contributed by atoms with van der Waals surface area (Å²) in [6.07, 6.45) is 0.713. The fraction of sp³-hybridized carbons (Fsp3) is 0.611. The first kappa shape index (κ1) is 20.5. The second kappa shape index (κ2) is 9.19. The molecule has 2 heterocycles. The highest BCUT2D eigenvalue weighted by Gasteiger charge is 2.30. The summed E-state index contributed by atoms with van der Waals surface area (Å²) in [6.45, 7) is 7.81. The number of nitrogens with one attached hydrogen (secondary N) is 1. The van der Waals surface area contributed by atoms with Crippen molar-refractivity contribution in [2.75, 3.05) is 33.4 Å². The number of nitrogens with zero attached hydrogens (tertiary/aromatic N) is 3. The third-order valence-electron chi connectivity index (χ3n) is 4.44. The fourth-order valence-corrected chi connectivity index (χ4v) is 3.24. The van der Waals surface area contributed by atoms with E-state index < -0.39 is 0 Å². The molecule has 0 aliphatic carbocycles. The van der Waals surface area contributed by atoms with E-state index >= 15 is 0 Å². The Morgan fingerprint density at radius 3 is 2.81 bits per heavy atom. The monoisotopic (exact) mass is 382 g/mol. The van der Waals surface area contributed by atoms with Crippen molar-refractivity contribution in [1.82, 2.24) is 20.1 Å². The van der Waals surface area contributed by atoms with Gasteiger partial charge in [-0.2, -0.15) is 0 Å². The zero-order valence-electron chi connectivity index (χ0n) is 15.8. The van der Waals surface area contributed by atoms with E-state index in [0.29, 0.717) is 38.2 Å². The molecule has 3 amide bonds. The van der Waals surface area contributed by atoms with E-state index in [4.69, 9.17) is 16.3 Å². The van der Waals surface area contributed by atoms with E-state index in [9.17, 15) is 9.59 Å². The normalized spacial score (nSPS) is 16.8. The van der Waals surface area contributed by atoms with Crippen LogP contribution in [0, 0.1) is 6.92 Å². The van der Waals surface area contributed by atoms with Crippen molar-refractivity contribution in [2.45, 2.75) is 39.3 Å². The lowest BCUT2D eigenvalue weighted by molar-refractivity contribution is 0.0788. The third-order valence-corrected chi connectivity index (χ3v) is 4.73. The molecule has 1 N–H and O–H groups in total. The molecule has 2 rings (SSSR count). The lowest BCUT2D eigenvalue weighted by Gasteiger charge is -2.28. The number of methoxy groups -OCH3 is 1. The van der Waals surface area contributed by atoms with Gasteiger partial charge in [0.05, 0.1) is 12.2 Å². The molecule has 0 bridgehead atoms. The van der Waals surface area contributed by atoms with Gasteiger partial charge in [-0.1, -0.05) is 11.6 Å². The Kier molecular flexibility index (Phi) is 7.23. The van der Waals surface area contributed by atoms with Crippen molar-refractivity contribution >= 4 is 23.5 Å². The summed E-state index contributed by atoms with van der Waals surface area (Å²) in [5.41, 5.74) is 1.16. The predicted molar refractivity (Wildman–Crippen MR) is 101 cm³/mol. The number of aryl methyl sites for hydroxylation is 1. The van der Waals surface area contributed by atoms with Crippen LogP contribution in [0.25, 0.3) is 0 Å². The molecule has 0 spiro atoms. The number of likely N-dealkylation sites (tertiary alicyclic amines) is 1. The van der Waals surface area contributed by atoms with Crippen LogP contribution >= 0.6 is 11.6 Å². The number of hydrogen-bond acceptors (Lipinski definition) is 4. The number of carbonyl (C=O) groups excluding carboxylic acids is 2. The van der Waals surface area contributed by atoms with Gasteiger partial charge in [0.2, 0.25) is 0 Å². The molecule has 0 saturated carbocycles. The maximum Gasteiger partial charge on any atom is 0.317 e. The minimum Gasteiger partial charge on any atom is -0.383 e. The third kappa shape index (κ3) is 5.08. The molecular formula is C18H27ClN4O3. The summed E-state index contributed by atoms with van der Waals surface area (Å²) in [4.78, 5) is 32.7. The Balaban J connectivity index is 1.95. The van der Waals surface area contributed by atoms with E-state index in [1.807, 2.05) is 20.8 Å². The SMILES string of the molecule is COCCN(C(=O)NC1CCN(C(=O)c2ccc(C)nc2Cl)C1)C(C)C. The van der Waals surface area contributed by atoms with Crippen molar-refractivity contribution in [2.24, 2.45) is 0 Å². The molecule has 1 fully saturated rings. The largest absolute Gasteiger partial charge is 0.383 e. The summed E-state index contributed by atoms with van der Waals surface area (Å²) < 4.78 is 5.07. The quantitative estimate of drug-likeness (QED) is 0.766. The number of pyridine rings is 1. The number of carbonyl (C=O) groups is 2. The Hall–Kier alpha value is -1.86. The Morgan fingerprint density at radius 1 is 1.46 bits per heavy atom. The molecule has 1 unspecified atom stereocenters. The predicted octanol–water partition coefficient (Wildman–Crippen LogP) is 2.32. The summed E-state index contributed by atoms with van der Waals surface area (Å²) in [5.74, 6) is -0.153. The highest BCUT2D eigenvalue weighted by atomic mass is 35.5.